The zero-order valence-corrected chi connectivity index (χ0v) is 10.9. The first-order chi connectivity index (χ1) is 6.24. The van der Waals surface area contributed by atoms with Gasteiger partial charge in [0.25, 0.3) is 0 Å². The van der Waals surface area contributed by atoms with Crippen LogP contribution in [0.25, 0.3) is 6.08 Å². The molecule has 0 radical (unpaired) electrons. The van der Waals surface area contributed by atoms with Crippen LogP contribution < -0.4 is 0 Å². The molecular formula is C10H9Br2Cl. The number of benzene rings is 1. The van der Waals surface area contributed by atoms with Crippen molar-refractivity contribution in [2.75, 3.05) is 5.33 Å². The van der Waals surface area contributed by atoms with Crippen molar-refractivity contribution in [1.82, 2.24) is 0 Å². The second-order valence-electron chi connectivity index (χ2n) is 2.55. The SMILES string of the molecule is Clc1ccc(Br)cc1C=CCCBr. The Morgan fingerprint density at radius 3 is 2.85 bits per heavy atom. The molecule has 1 rings (SSSR count). The fraction of sp³-hybridized carbons (Fsp3) is 0.200. The molecule has 0 aliphatic rings. The van der Waals surface area contributed by atoms with Crippen LogP contribution in [0, 0.1) is 0 Å². The molecule has 0 atom stereocenters. The highest BCUT2D eigenvalue weighted by Gasteiger charge is 1.95. The van der Waals surface area contributed by atoms with E-state index in [0.717, 1.165) is 26.8 Å². The molecule has 0 amide bonds. The summed E-state index contributed by atoms with van der Waals surface area (Å²) in [6.07, 6.45) is 5.15. The fourth-order valence-corrected chi connectivity index (χ4v) is 1.74. The van der Waals surface area contributed by atoms with Crippen LogP contribution in [0.5, 0.6) is 0 Å². The monoisotopic (exact) mass is 322 g/mol. The van der Waals surface area contributed by atoms with Crippen LogP contribution in [0.4, 0.5) is 0 Å². The standard InChI is InChI=1S/C10H9Br2Cl/c11-6-2-1-3-8-7-9(12)4-5-10(8)13/h1,3-5,7H,2,6H2. The van der Waals surface area contributed by atoms with Crippen LogP contribution in [0.2, 0.25) is 5.02 Å². The Hall–Kier alpha value is 0.210. The topological polar surface area (TPSA) is 0 Å². The Kier molecular flexibility index (Phi) is 5.07. The number of rotatable bonds is 3. The Balaban J connectivity index is 2.81. The van der Waals surface area contributed by atoms with Crippen LogP contribution in [-0.4, -0.2) is 5.33 Å². The van der Waals surface area contributed by atoms with Crippen LogP contribution in [0.3, 0.4) is 0 Å². The van der Waals surface area contributed by atoms with Crippen LogP contribution in [0.15, 0.2) is 28.7 Å². The second kappa shape index (κ2) is 5.84. The van der Waals surface area contributed by atoms with E-state index in [0.29, 0.717) is 0 Å². The molecule has 0 aliphatic heterocycles. The molecule has 1 aromatic carbocycles. The second-order valence-corrected chi connectivity index (χ2v) is 4.66. The van der Waals surface area contributed by atoms with E-state index in [9.17, 15) is 0 Å². The molecule has 0 saturated heterocycles. The van der Waals surface area contributed by atoms with Crippen LogP contribution in [0.1, 0.15) is 12.0 Å². The first-order valence-corrected chi connectivity index (χ1v) is 6.21. The molecule has 70 valence electrons. The average Bonchev–Trinajstić information content (AvgIpc) is 2.11. The molecule has 0 fully saturated rings. The average molecular weight is 324 g/mol. The Bertz CT molecular complexity index is 308. The minimum atomic E-state index is 0.786. The molecule has 0 aliphatic carbocycles. The maximum atomic E-state index is 5.99. The van der Waals surface area contributed by atoms with Gasteiger partial charge in [-0.2, -0.15) is 0 Å². The molecule has 3 heteroatoms. The summed E-state index contributed by atoms with van der Waals surface area (Å²) in [5.41, 5.74) is 1.05. The summed E-state index contributed by atoms with van der Waals surface area (Å²) in [7, 11) is 0. The minimum Gasteiger partial charge on any atom is -0.0925 e. The number of halogens is 3. The third-order valence-corrected chi connectivity index (χ3v) is 2.83. The predicted octanol–water partition coefficient (Wildman–Crippen LogP) is 4.90. The third kappa shape index (κ3) is 3.84. The summed E-state index contributed by atoms with van der Waals surface area (Å²) < 4.78 is 1.05. The van der Waals surface area contributed by atoms with E-state index < -0.39 is 0 Å². The van der Waals surface area contributed by atoms with Gasteiger partial charge in [0.2, 0.25) is 0 Å². The van der Waals surface area contributed by atoms with Crippen LogP contribution in [-0.2, 0) is 0 Å². The number of allylic oxidation sites excluding steroid dienone is 1. The van der Waals surface area contributed by atoms with Gasteiger partial charge < -0.3 is 0 Å². The molecular weight excluding hydrogens is 315 g/mol. The van der Waals surface area contributed by atoms with Gasteiger partial charge in [-0.05, 0) is 30.2 Å². The normalized spacial score (nSPS) is 11.0. The molecule has 0 bridgehead atoms. The van der Waals surface area contributed by atoms with Crippen LogP contribution >= 0.6 is 43.5 Å². The van der Waals surface area contributed by atoms with Crippen molar-refractivity contribution >= 4 is 49.5 Å². The number of hydrogen-bond acceptors (Lipinski definition) is 0. The molecule has 0 unspecified atom stereocenters. The van der Waals surface area contributed by atoms with E-state index in [1.165, 1.54) is 0 Å². The smallest absolute Gasteiger partial charge is 0.0479 e. The lowest BCUT2D eigenvalue weighted by Crippen LogP contribution is -1.75. The lowest BCUT2D eigenvalue weighted by atomic mass is 10.2. The van der Waals surface area contributed by atoms with Crippen molar-refractivity contribution < 1.29 is 0 Å². The zero-order valence-electron chi connectivity index (χ0n) is 6.93. The molecule has 1 aromatic rings. The molecule has 0 aromatic heterocycles. The van der Waals surface area contributed by atoms with E-state index in [4.69, 9.17) is 11.6 Å². The Morgan fingerprint density at radius 2 is 2.15 bits per heavy atom. The van der Waals surface area contributed by atoms with Gasteiger partial charge in [-0.1, -0.05) is 55.6 Å². The summed E-state index contributed by atoms with van der Waals surface area (Å²) in [5, 5.41) is 1.77. The van der Waals surface area contributed by atoms with Gasteiger partial charge in [-0.15, -0.1) is 0 Å². The molecule has 0 heterocycles. The van der Waals surface area contributed by atoms with Gasteiger partial charge in [0, 0.05) is 14.8 Å². The number of hydrogen-bond donors (Lipinski definition) is 0. The Morgan fingerprint density at radius 1 is 1.38 bits per heavy atom. The highest BCUT2D eigenvalue weighted by Crippen LogP contribution is 2.22. The summed E-state index contributed by atoms with van der Waals surface area (Å²) in [6.45, 7) is 0. The van der Waals surface area contributed by atoms with Gasteiger partial charge in [0.05, 0.1) is 0 Å². The van der Waals surface area contributed by atoms with Crippen molar-refractivity contribution in [2.24, 2.45) is 0 Å². The van der Waals surface area contributed by atoms with E-state index in [1.807, 2.05) is 24.3 Å². The summed E-state index contributed by atoms with van der Waals surface area (Å²) >= 11 is 12.8. The van der Waals surface area contributed by atoms with E-state index in [-0.39, 0.29) is 0 Å². The number of alkyl halides is 1. The first-order valence-electron chi connectivity index (χ1n) is 3.91. The van der Waals surface area contributed by atoms with Gasteiger partial charge in [0.1, 0.15) is 0 Å². The van der Waals surface area contributed by atoms with Gasteiger partial charge >= 0.3 is 0 Å². The fourth-order valence-electron chi connectivity index (χ4n) is 0.916. The zero-order chi connectivity index (χ0) is 9.68. The van der Waals surface area contributed by atoms with Crippen molar-refractivity contribution in [3.63, 3.8) is 0 Å². The van der Waals surface area contributed by atoms with Gasteiger partial charge in [0.15, 0.2) is 0 Å². The molecule has 13 heavy (non-hydrogen) atoms. The lowest BCUT2D eigenvalue weighted by molar-refractivity contribution is 1.27. The largest absolute Gasteiger partial charge is 0.0925 e. The molecule has 0 spiro atoms. The summed E-state index contributed by atoms with van der Waals surface area (Å²) in [4.78, 5) is 0. The highest BCUT2D eigenvalue weighted by atomic mass is 79.9. The van der Waals surface area contributed by atoms with Gasteiger partial charge in [-0.25, -0.2) is 0 Å². The summed E-state index contributed by atoms with van der Waals surface area (Å²) in [6, 6.07) is 5.83. The van der Waals surface area contributed by atoms with E-state index in [2.05, 4.69) is 37.9 Å². The minimum absolute atomic E-state index is 0.786. The lowest BCUT2D eigenvalue weighted by Gasteiger charge is -1.98. The van der Waals surface area contributed by atoms with Crippen molar-refractivity contribution in [2.45, 2.75) is 6.42 Å². The van der Waals surface area contributed by atoms with Gasteiger partial charge in [-0.3, -0.25) is 0 Å². The first kappa shape index (κ1) is 11.3. The van der Waals surface area contributed by atoms with E-state index in [1.54, 1.807) is 0 Å². The predicted molar refractivity (Wildman–Crippen MR) is 66.6 cm³/mol. The van der Waals surface area contributed by atoms with E-state index >= 15 is 0 Å². The Labute approximate surface area is 100 Å². The molecule has 0 N–H and O–H groups in total. The quantitative estimate of drug-likeness (QED) is 0.694. The third-order valence-electron chi connectivity index (χ3n) is 1.53. The maximum Gasteiger partial charge on any atom is 0.0479 e. The highest BCUT2D eigenvalue weighted by molar-refractivity contribution is 9.10. The summed E-state index contributed by atoms with van der Waals surface area (Å²) in [5.74, 6) is 0. The molecule has 0 saturated carbocycles. The maximum absolute atomic E-state index is 5.99. The van der Waals surface area contributed by atoms with Crippen molar-refractivity contribution in [1.29, 1.82) is 0 Å². The molecule has 0 nitrogen and oxygen atoms in total. The van der Waals surface area contributed by atoms with Crippen molar-refractivity contribution in [3.05, 3.63) is 39.3 Å². The van der Waals surface area contributed by atoms with Crippen molar-refractivity contribution in [3.8, 4) is 0 Å².